The van der Waals surface area contributed by atoms with Crippen molar-refractivity contribution in [3.8, 4) is 0 Å². The maximum Gasteiger partial charge on any atom is 0.146 e. The molecule has 3 heteroatoms. The van der Waals surface area contributed by atoms with Gasteiger partial charge in [-0.15, -0.1) is 0 Å². The lowest BCUT2D eigenvalue weighted by Gasteiger charge is -2.26. The molecule has 0 N–H and O–H groups in total. The third-order valence-corrected chi connectivity index (χ3v) is 4.47. The van der Waals surface area contributed by atoms with Crippen LogP contribution in [0.1, 0.15) is 65.7 Å². The Morgan fingerprint density at radius 1 is 1.20 bits per heavy atom. The lowest BCUT2D eigenvalue weighted by atomic mass is 9.99. The molecule has 0 aliphatic rings. The first-order valence-electron chi connectivity index (χ1n) is 6.25. The van der Waals surface area contributed by atoms with Crippen LogP contribution in [0.5, 0.6) is 0 Å². The van der Waals surface area contributed by atoms with Gasteiger partial charge < -0.3 is 4.43 Å². The van der Waals surface area contributed by atoms with E-state index in [4.69, 9.17) is 4.43 Å². The Hall–Kier alpha value is 0.527. The van der Waals surface area contributed by atoms with E-state index in [1.165, 1.54) is 38.5 Å². The van der Waals surface area contributed by atoms with E-state index in [-0.39, 0.29) is 5.60 Å². The predicted octanol–water partition coefficient (Wildman–Crippen LogP) is 3.11. The molecular weight excluding hydrogens is 220 g/mol. The highest BCUT2D eigenvalue weighted by Crippen LogP contribution is 2.22. The zero-order chi connectivity index (χ0) is 11.7. The molecule has 1 unspecified atom stereocenters. The van der Waals surface area contributed by atoms with E-state index < -0.39 is 0 Å². The Morgan fingerprint density at radius 3 is 2.33 bits per heavy atom. The van der Waals surface area contributed by atoms with Crippen molar-refractivity contribution in [1.29, 1.82) is 0 Å². The van der Waals surface area contributed by atoms with Gasteiger partial charge in [-0.05, 0) is 26.7 Å². The maximum absolute atomic E-state index is 5.54. The minimum atomic E-state index is 0.0437. The van der Waals surface area contributed by atoms with Crippen LogP contribution in [-0.4, -0.2) is 21.3 Å². The quantitative estimate of drug-likeness (QED) is 0.375. The molecule has 0 bridgehead atoms. The van der Waals surface area contributed by atoms with Crippen molar-refractivity contribution in [2.75, 3.05) is 0 Å². The SMILES string of the molecule is CCCCCCCC(S)CC(C)(C)O[SiH3]. The maximum atomic E-state index is 5.54. The van der Waals surface area contributed by atoms with Gasteiger partial charge in [-0.3, -0.25) is 0 Å². The summed E-state index contributed by atoms with van der Waals surface area (Å²) >= 11 is 4.64. The second-order valence-corrected chi connectivity index (χ2v) is 6.16. The van der Waals surface area contributed by atoms with Gasteiger partial charge in [-0.25, -0.2) is 0 Å². The molecule has 0 aromatic carbocycles. The van der Waals surface area contributed by atoms with Crippen molar-refractivity contribution in [2.24, 2.45) is 0 Å². The van der Waals surface area contributed by atoms with E-state index in [9.17, 15) is 0 Å². The molecule has 92 valence electrons. The summed E-state index contributed by atoms with van der Waals surface area (Å²) in [5.74, 6) is 0. The topological polar surface area (TPSA) is 9.23 Å². The monoisotopic (exact) mass is 248 g/mol. The van der Waals surface area contributed by atoms with Crippen molar-refractivity contribution < 1.29 is 4.43 Å². The molecule has 0 radical (unpaired) electrons. The molecule has 0 spiro atoms. The lowest BCUT2D eigenvalue weighted by Crippen LogP contribution is -2.27. The fourth-order valence-electron chi connectivity index (χ4n) is 1.74. The van der Waals surface area contributed by atoms with E-state index in [2.05, 4.69) is 33.4 Å². The average Bonchev–Trinajstić information content (AvgIpc) is 2.17. The fourth-order valence-corrected chi connectivity index (χ4v) is 2.53. The van der Waals surface area contributed by atoms with Crippen LogP contribution in [0.3, 0.4) is 0 Å². The summed E-state index contributed by atoms with van der Waals surface area (Å²) in [4.78, 5) is 0. The average molecular weight is 249 g/mol. The highest BCUT2D eigenvalue weighted by Gasteiger charge is 2.19. The largest absolute Gasteiger partial charge is 0.423 e. The smallest absolute Gasteiger partial charge is 0.146 e. The number of unbranched alkanes of at least 4 members (excludes halogenated alkanes) is 4. The third-order valence-electron chi connectivity index (χ3n) is 2.92. The zero-order valence-electron chi connectivity index (χ0n) is 10.9. The molecular formula is C12H28OSSi. The molecule has 15 heavy (non-hydrogen) atoms. The van der Waals surface area contributed by atoms with Gasteiger partial charge in [-0.1, -0.05) is 39.0 Å². The fraction of sp³-hybridized carbons (Fsp3) is 1.00. The van der Waals surface area contributed by atoms with Crippen LogP contribution in [0.25, 0.3) is 0 Å². The van der Waals surface area contributed by atoms with E-state index in [1.54, 1.807) is 0 Å². The molecule has 0 aromatic rings. The van der Waals surface area contributed by atoms with Gasteiger partial charge in [0.2, 0.25) is 0 Å². The van der Waals surface area contributed by atoms with Crippen LogP contribution in [0.4, 0.5) is 0 Å². The Labute approximate surface area is 104 Å². The van der Waals surface area contributed by atoms with Crippen LogP contribution < -0.4 is 0 Å². The first kappa shape index (κ1) is 15.5. The van der Waals surface area contributed by atoms with Crippen molar-refractivity contribution in [3.63, 3.8) is 0 Å². The second kappa shape index (κ2) is 8.65. The Bertz CT molecular complexity index is 151. The highest BCUT2D eigenvalue weighted by atomic mass is 32.1. The summed E-state index contributed by atoms with van der Waals surface area (Å²) in [6.45, 7) is 6.59. The van der Waals surface area contributed by atoms with Crippen LogP contribution >= 0.6 is 12.6 Å². The van der Waals surface area contributed by atoms with Crippen LogP contribution in [0.2, 0.25) is 0 Å². The summed E-state index contributed by atoms with van der Waals surface area (Å²) < 4.78 is 5.54. The van der Waals surface area contributed by atoms with Crippen molar-refractivity contribution in [1.82, 2.24) is 0 Å². The van der Waals surface area contributed by atoms with Crippen LogP contribution in [0, 0.1) is 0 Å². The normalized spacial score (nSPS) is 14.4. The standard InChI is InChI=1S/C12H28OSSi/c1-4-5-6-7-8-9-11(14)10-12(2,3)13-15/h11,14H,4-10H2,1-3,15H3. The van der Waals surface area contributed by atoms with Crippen molar-refractivity contribution in [2.45, 2.75) is 76.6 Å². The molecule has 0 heterocycles. The van der Waals surface area contributed by atoms with E-state index in [0.29, 0.717) is 5.25 Å². The number of rotatable bonds is 9. The van der Waals surface area contributed by atoms with Gasteiger partial charge in [0.25, 0.3) is 0 Å². The van der Waals surface area contributed by atoms with Gasteiger partial charge in [0.1, 0.15) is 10.5 Å². The molecule has 0 aromatic heterocycles. The molecule has 0 aliphatic heterocycles. The van der Waals surface area contributed by atoms with Crippen LogP contribution in [0.15, 0.2) is 0 Å². The Morgan fingerprint density at radius 2 is 1.80 bits per heavy atom. The summed E-state index contributed by atoms with van der Waals surface area (Å²) in [5.41, 5.74) is 0.0437. The first-order valence-corrected chi connectivity index (χ1v) is 7.58. The van der Waals surface area contributed by atoms with Gasteiger partial charge in [0.15, 0.2) is 0 Å². The van der Waals surface area contributed by atoms with E-state index in [0.717, 1.165) is 16.9 Å². The summed E-state index contributed by atoms with van der Waals surface area (Å²) in [6.07, 6.45) is 9.10. The van der Waals surface area contributed by atoms with Gasteiger partial charge in [0.05, 0.1) is 5.60 Å². The van der Waals surface area contributed by atoms with Crippen LogP contribution in [-0.2, 0) is 4.43 Å². The summed E-state index contributed by atoms with van der Waals surface area (Å²) in [6, 6.07) is 0. The molecule has 0 fully saturated rings. The third kappa shape index (κ3) is 9.46. The molecule has 0 rings (SSSR count). The molecule has 0 saturated carbocycles. The zero-order valence-corrected chi connectivity index (χ0v) is 13.8. The van der Waals surface area contributed by atoms with Gasteiger partial charge in [-0.2, -0.15) is 12.6 Å². The summed E-state index contributed by atoms with van der Waals surface area (Å²) in [7, 11) is 0.825. The van der Waals surface area contributed by atoms with E-state index in [1.807, 2.05) is 0 Å². The molecule has 0 saturated heterocycles. The van der Waals surface area contributed by atoms with Crippen molar-refractivity contribution in [3.05, 3.63) is 0 Å². The minimum Gasteiger partial charge on any atom is -0.423 e. The van der Waals surface area contributed by atoms with Gasteiger partial charge in [0, 0.05) is 5.25 Å². The second-order valence-electron chi connectivity index (χ2n) is 5.02. The predicted molar refractivity (Wildman–Crippen MR) is 75.9 cm³/mol. The minimum absolute atomic E-state index is 0.0437. The van der Waals surface area contributed by atoms with E-state index >= 15 is 0 Å². The Kier molecular flexibility index (Phi) is 8.96. The van der Waals surface area contributed by atoms with Crippen molar-refractivity contribution >= 4 is 23.1 Å². The summed E-state index contributed by atoms with van der Waals surface area (Å²) in [5, 5.41) is 0.510. The Balaban J connectivity index is 3.45. The molecule has 1 nitrogen and oxygen atoms in total. The molecule has 0 aliphatic carbocycles. The number of hydrogen-bond donors (Lipinski definition) is 1. The highest BCUT2D eigenvalue weighted by molar-refractivity contribution is 7.80. The molecule has 0 amide bonds. The number of hydrogen-bond acceptors (Lipinski definition) is 2. The lowest BCUT2D eigenvalue weighted by molar-refractivity contribution is 0.111. The van der Waals surface area contributed by atoms with Gasteiger partial charge >= 0.3 is 0 Å². The molecule has 1 atom stereocenters. The first-order chi connectivity index (χ1) is 7.02. The number of thiol groups is 1.